The fourth-order valence-electron chi connectivity index (χ4n) is 3.25. The summed E-state index contributed by atoms with van der Waals surface area (Å²) in [5, 5.41) is 9.35. The van der Waals surface area contributed by atoms with Gasteiger partial charge in [-0.15, -0.1) is 0 Å². The van der Waals surface area contributed by atoms with Crippen LogP contribution in [0.4, 0.5) is 0 Å². The summed E-state index contributed by atoms with van der Waals surface area (Å²) in [4.78, 5) is 22.2. The number of piperidine rings is 1. The molecular weight excluding hydrogens is 290 g/mol. The first-order chi connectivity index (χ1) is 11.2. The summed E-state index contributed by atoms with van der Waals surface area (Å²) in [7, 11) is 0. The molecule has 0 aromatic carbocycles. The van der Waals surface area contributed by atoms with Gasteiger partial charge in [0.25, 0.3) is 0 Å². The summed E-state index contributed by atoms with van der Waals surface area (Å²) in [5.74, 6) is -0.974. The van der Waals surface area contributed by atoms with Gasteiger partial charge in [0.1, 0.15) is 0 Å². The van der Waals surface area contributed by atoms with Gasteiger partial charge in [0.15, 0.2) is 0 Å². The molecule has 23 heavy (non-hydrogen) atoms. The quantitative estimate of drug-likeness (QED) is 0.919. The van der Waals surface area contributed by atoms with E-state index in [-0.39, 0.29) is 12.0 Å². The van der Waals surface area contributed by atoms with Crippen molar-refractivity contribution in [1.29, 1.82) is 0 Å². The van der Waals surface area contributed by atoms with Gasteiger partial charge in [0, 0.05) is 43.3 Å². The molecule has 0 bridgehead atoms. The number of carboxylic acid groups (broad SMARTS) is 1. The smallest absolute Gasteiger partial charge is 0.307 e. The number of aliphatic carboxylic acids is 1. The zero-order valence-corrected chi connectivity index (χ0v) is 13.0. The minimum Gasteiger partial charge on any atom is -0.481 e. The van der Waals surface area contributed by atoms with Crippen molar-refractivity contribution in [2.75, 3.05) is 13.1 Å². The van der Waals surface area contributed by atoms with E-state index in [1.165, 1.54) is 0 Å². The molecule has 5 nitrogen and oxygen atoms in total. The largest absolute Gasteiger partial charge is 0.481 e. The van der Waals surface area contributed by atoms with Crippen LogP contribution in [0.1, 0.15) is 30.1 Å². The second-order valence-electron chi connectivity index (χ2n) is 5.99. The van der Waals surface area contributed by atoms with E-state index < -0.39 is 5.97 Å². The fourth-order valence-corrected chi connectivity index (χ4v) is 3.25. The lowest BCUT2D eigenvalue weighted by atomic mass is 9.93. The van der Waals surface area contributed by atoms with Crippen molar-refractivity contribution < 1.29 is 9.90 Å². The lowest BCUT2D eigenvalue weighted by Gasteiger charge is -2.37. The first-order valence-electron chi connectivity index (χ1n) is 8.00. The average Bonchev–Trinajstić information content (AvgIpc) is 2.61. The maximum Gasteiger partial charge on any atom is 0.307 e. The first-order valence-corrected chi connectivity index (χ1v) is 8.00. The number of hydrogen-bond donors (Lipinski definition) is 1. The summed E-state index contributed by atoms with van der Waals surface area (Å²) in [6, 6.07) is 10.1. The zero-order chi connectivity index (χ0) is 16.1. The molecule has 5 heteroatoms. The third-order valence-corrected chi connectivity index (χ3v) is 4.46. The highest BCUT2D eigenvalue weighted by Gasteiger charge is 2.30. The summed E-state index contributed by atoms with van der Waals surface area (Å²) < 4.78 is 0. The molecule has 2 aromatic heterocycles. The molecule has 2 unspecified atom stereocenters. The van der Waals surface area contributed by atoms with Crippen molar-refractivity contribution in [2.45, 2.75) is 25.3 Å². The lowest BCUT2D eigenvalue weighted by Crippen LogP contribution is -2.41. The molecule has 1 saturated heterocycles. The Hall–Kier alpha value is -2.27. The molecule has 0 amide bonds. The van der Waals surface area contributed by atoms with Gasteiger partial charge in [0.2, 0.25) is 0 Å². The van der Waals surface area contributed by atoms with Crippen molar-refractivity contribution in [1.82, 2.24) is 14.9 Å². The van der Waals surface area contributed by atoms with Gasteiger partial charge in [-0.2, -0.15) is 0 Å². The maximum atomic E-state index is 11.4. The van der Waals surface area contributed by atoms with Crippen molar-refractivity contribution in [3.8, 4) is 0 Å². The van der Waals surface area contributed by atoms with Crippen LogP contribution in [0.15, 0.2) is 48.9 Å². The minimum absolute atomic E-state index is 0.134. The Bertz CT molecular complexity index is 633. The minimum atomic E-state index is -0.694. The van der Waals surface area contributed by atoms with E-state index >= 15 is 0 Å². The van der Waals surface area contributed by atoms with E-state index in [2.05, 4.69) is 14.9 Å². The second kappa shape index (κ2) is 7.33. The van der Waals surface area contributed by atoms with E-state index in [1.54, 1.807) is 18.6 Å². The Morgan fingerprint density at radius 3 is 2.78 bits per heavy atom. The molecule has 2 aromatic rings. The molecule has 1 aliphatic heterocycles. The number of hydrogen-bond acceptors (Lipinski definition) is 4. The predicted octanol–water partition coefficient (Wildman–Crippen LogP) is 2.56. The normalized spacial score (nSPS) is 20.1. The average molecular weight is 311 g/mol. The molecule has 0 aliphatic carbocycles. The van der Waals surface area contributed by atoms with Crippen molar-refractivity contribution >= 4 is 5.97 Å². The van der Waals surface area contributed by atoms with Gasteiger partial charge >= 0.3 is 5.97 Å². The number of pyridine rings is 2. The highest BCUT2D eigenvalue weighted by Crippen LogP contribution is 2.29. The Morgan fingerprint density at radius 2 is 2.09 bits per heavy atom. The van der Waals surface area contributed by atoms with Gasteiger partial charge in [0.05, 0.1) is 5.92 Å². The second-order valence-corrected chi connectivity index (χ2v) is 5.99. The van der Waals surface area contributed by atoms with Crippen molar-refractivity contribution in [3.05, 3.63) is 60.2 Å². The zero-order valence-electron chi connectivity index (χ0n) is 13.0. The summed E-state index contributed by atoms with van der Waals surface area (Å²) in [6.45, 7) is 1.51. The Morgan fingerprint density at radius 1 is 1.26 bits per heavy atom. The lowest BCUT2D eigenvalue weighted by molar-refractivity contribution is -0.144. The SMILES string of the molecule is O=C(O)C1CCCN(C(Cc2ccccn2)c2ccncc2)C1. The van der Waals surface area contributed by atoms with Crippen LogP contribution in [0.3, 0.4) is 0 Å². The Kier molecular flexibility index (Phi) is 4.98. The van der Waals surface area contributed by atoms with Crippen LogP contribution < -0.4 is 0 Å². The number of aromatic nitrogens is 2. The fraction of sp³-hybridized carbons (Fsp3) is 0.389. The first kappa shape index (κ1) is 15.6. The van der Waals surface area contributed by atoms with Gasteiger partial charge in [-0.3, -0.25) is 19.7 Å². The molecule has 1 aliphatic rings. The number of likely N-dealkylation sites (tertiary alicyclic amines) is 1. The standard InChI is InChI=1S/C18H21N3O2/c22-18(23)15-4-3-11-21(13-15)17(14-6-9-19-10-7-14)12-16-5-1-2-8-20-16/h1-2,5-10,15,17H,3-4,11-13H2,(H,22,23). The van der Waals surface area contributed by atoms with Crippen molar-refractivity contribution in [3.63, 3.8) is 0 Å². The molecule has 3 heterocycles. The van der Waals surface area contributed by atoms with Crippen LogP contribution in [0.5, 0.6) is 0 Å². The number of carbonyl (C=O) groups is 1. The molecule has 1 N–H and O–H groups in total. The van der Waals surface area contributed by atoms with Gasteiger partial charge in [-0.05, 0) is 49.2 Å². The number of nitrogens with zero attached hydrogens (tertiary/aromatic N) is 3. The van der Waals surface area contributed by atoms with Gasteiger partial charge in [-0.1, -0.05) is 6.07 Å². The summed E-state index contributed by atoms with van der Waals surface area (Å²) in [5.41, 5.74) is 2.18. The van der Waals surface area contributed by atoms with Crippen LogP contribution in [0.25, 0.3) is 0 Å². The van der Waals surface area contributed by atoms with E-state index in [1.807, 2.05) is 30.3 Å². The Labute approximate surface area is 136 Å². The number of carboxylic acids is 1. The predicted molar refractivity (Wildman–Crippen MR) is 86.9 cm³/mol. The van der Waals surface area contributed by atoms with Crippen LogP contribution in [0.2, 0.25) is 0 Å². The molecule has 120 valence electrons. The molecule has 1 fully saturated rings. The molecule has 0 spiro atoms. The molecule has 2 atom stereocenters. The van der Waals surface area contributed by atoms with Crippen molar-refractivity contribution in [2.24, 2.45) is 5.92 Å². The monoisotopic (exact) mass is 311 g/mol. The van der Waals surface area contributed by atoms with E-state index in [0.717, 1.165) is 37.1 Å². The molecular formula is C18H21N3O2. The highest BCUT2D eigenvalue weighted by molar-refractivity contribution is 5.70. The number of rotatable bonds is 5. The highest BCUT2D eigenvalue weighted by atomic mass is 16.4. The maximum absolute atomic E-state index is 11.4. The van der Waals surface area contributed by atoms with Crippen LogP contribution >= 0.6 is 0 Å². The van der Waals surface area contributed by atoms with Crippen LogP contribution in [0, 0.1) is 5.92 Å². The molecule has 0 saturated carbocycles. The van der Waals surface area contributed by atoms with Crippen LogP contribution in [-0.4, -0.2) is 39.0 Å². The third-order valence-electron chi connectivity index (χ3n) is 4.46. The van der Waals surface area contributed by atoms with Gasteiger partial charge in [-0.25, -0.2) is 0 Å². The summed E-state index contributed by atoms with van der Waals surface area (Å²) in [6.07, 6.45) is 7.84. The molecule has 0 radical (unpaired) electrons. The van der Waals surface area contributed by atoms with E-state index in [4.69, 9.17) is 0 Å². The van der Waals surface area contributed by atoms with Gasteiger partial charge < -0.3 is 5.11 Å². The van der Waals surface area contributed by atoms with E-state index in [0.29, 0.717) is 6.54 Å². The van der Waals surface area contributed by atoms with Crippen LogP contribution in [-0.2, 0) is 11.2 Å². The third kappa shape index (κ3) is 3.93. The Balaban J connectivity index is 1.84. The van der Waals surface area contributed by atoms with E-state index in [9.17, 15) is 9.90 Å². The topological polar surface area (TPSA) is 66.3 Å². The molecule has 3 rings (SSSR count). The summed E-state index contributed by atoms with van der Waals surface area (Å²) >= 11 is 0.